The van der Waals surface area contributed by atoms with Crippen LogP contribution in [-0.4, -0.2) is 23.9 Å². The predicted molar refractivity (Wildman–Crippen MR) is 73.1 cm³/mol. The van der Waals surface area contributed by atoms with Crippen LogP contribution in [0.4, 0.5) is 0 Å². The number of benzene rings is 1. The van der Waals surface area contributed by atoms with Gasteiger partial charge in [0.25, 0.3) is 0 Å². The van der Waals surface area contributed by atoms with Crippen molar-refractivity contribution in [2.24, 2.45) is 11.7 Å². The fourth-order valence-electron chi connectivity index (χ4n) is 2.64. The fraction of sp³-hybridized carbons (Fsp3) is 0.533. The van der Waals surface area contributed by atoms with E-state index in [1.54, 1.807) is 0 Å². The summed E-state index contributed by atoms with van der Waals surface area (Å²) in [6.45, 7) is 7.06. The van der Waals surface area contributed by atoms with Gasteiger partial charge in [-0.2, -0.15) is 0 Å². The molecule has 1 amide bonds. The van der Waals surface area contributed by atoms with Crippen molar-refractivity contribution in [1.29, 1.82) is 0 Å². The topological polar surface area (TPSA) is 46.3 Å². The van der Waals surface area contributed by atoms with Gasteiger partial charge < -0.3 is 5.73 Å². The Hall–Kier alpha value is -1.35. The number of nitrogens with two attached hydrogens (primary N) is 1. The maximum Gasteiger partial charge on any atom is 0.221 e. The number of primary amides is 1. The van der Waals surface area contributed by atoms with Crippen LogP contribution in [0.1, 0.15) is 29.5 Å². The van der Waals surface area contributed by atoms with Crippen molar-refractivity contribution in [3.63, 3.8) is 0 Å². The predicted octanol–water partition coefficient (Wildman–Crippen LogP) is 2.00. The van der Waals surface area contributed by atoms with E-state index in [9.17, 15) is 4.79 Å². The van der Waals surface area contributed by atoms with Crippen molar-refractivity contribution in [2.45, 2.75) is 33.2 Å². The maximum absolute atomic E-state index is 11.3. The molecule has 3 heteroatoms. The Bertz CT molecular complexity index is 442. The van der Waals surface area contributed by atoms with Crippen molar-refractivity contribution in [1.82, 2.24) is 4.90 Å². The van der Waals surface area contributed by atoms with Crippen LogP contribution in [0.25, 0.3) is 0 Å². The molecule has 0 aliphatic carbocycles. The second-order valence-corrected chi connectivity index (χ2v) is 5.41. The summed E-state index contributed by atoms with van der Waals surface area (Å²) in [5.41, 5.74) is 9.38. The Balaban J connectivity index is 2.04. The van der Waals surface area contributed by atoms with E-state index in [-0.39, 0.29) is 11.8 Å². The number of amides is 1. The van der Waals surface area contributed by atoms with Crippen LogP contribution in [0.5, 0.6) is 0 Å². The first-order valence-corrected chi connectivity index (χ1v) is 6.64. The lowest BCUT2D eigenvalue weighted by Gasteiger charge is -2.31. The molecular formula is C15H22N2O. The lowest BCUT2D eigenvalue weighted by molar-refractivity contribution is -0.123. The molecule has 1 aliphatic heterocycles. The SMILES string of the molecule is Cc1ccc(C)c(CN2CCCC(C(N)=O)C2)c1. The summed E-state index contributed by atoms with van der Waals surface area (Å²) < 4.78 is 0. The van der Waals surface area contributed by atoms with Gasteiger partial charge in [-0.15, -0.1) is 0 Å². The molecule has 1 fully saturated rings. The smallest absolute Gasteiger partial charge is 0.221 e. The second kappa shape index (κ2) is 5.53. The van der Waals surface area contributed by atoms with Gasteiger partial charge in [-0.3, -0.25) is 9.69 Å². The molecule has 1 atom stereocenters. The van der Waals surface area contributed by atoms with E-state index >= 15 is 0 Å². The summed E-state index contributed by atoms with van der Waals surface area (Å²) in [7, 11) is 0. The number of piperidine rings is 1. The monoisotopic (exact) mass is 246 g/mol. The van der Waals surface area contributed by atoms with Gasteiger partial charge in [0.05, 0.1) is 5.92 Å². The number of hydrogen-bond donors (Lipinski definition) is 1. The van der Waals surface area contributed by atoms with Crippen LogP contribution in [0.15, 0.2) is 18.2 Å². The van der Waals surface area contributed by atoms with Crippen molar-refractivity contribution in [3.05, 3.63) is 34.9 Å². The number of rotatable bonds is 3. The molecule has 1 aromatic rings. The highest BCUT2D eigenvalue weighted by molar-refractivity contribution is 5.76. The number of likely N-dealkylation sites (tertiary alicyclic amines) is 1. The summed E-state index contributed by atoms with van der Waals surface area (Å²) >= 11 is 0. The molecule has 3 nitrogen and oxygen atoms in total. The average Bonchev–Trinajstić information content (AvgIpc) is 2.34. The first-order valence-electron chi connectivity index (χ1n) is 6.64. The normalized spacial score (nSPS) is 20.9. The van der Waals surface area contributed by atoms with Crippen LogP contribution in [0.3, 0.4) is 0 Å². The third-order valence-corrected chi connectivity index (χ3v) is 3.81. The van der Waals surface area contributed by atoms with Crippen molar-refractivity contribution in [3.8, 4) is 0 Å². The zero-order valence-electron chi connectivity index (χ0n) is 11.3. The summed E-state index contributed by atoms with van der Waals surface area (Å²) in [5, 5.41) is 0. The average molecular weight is 246 g/mol. The van der Waals surface area contributed by atoms with E-state index in [0.717, 1.165) is 32.5 Å². The van der Waals surface area contributed by atoms with Crippen molar-refractivity contribution in [2.75, 3.05) is 13.1 Å². The minimum atomic E-state index is -0.152. The van der Waals surface area contributed by atoms with Gasteiger partial charge in [0.1, 0.15) is 0 Å². The van der Waals surface area contributed by atoms with Crippen LogP contribution in [-0.2, 0) is 11.3 Å². The Morgan fingerprint density at radius 2 is 2.22 bits per heavy atom. The molecule has 1 aromatic carbocycles. The summed E-state index contributed by atoms with van der Waals surface area (Å²) in [5.74, 6) is -0.121. The summed E-state index contributed by atoms with van der Waals surface area (Å²) in [6, 6.07) is 6.55. The van der Waals surface area contributed by atoms with Crippen molar-refractivity contribution >= 4 is 5.91 Å². The molecule has 0 aromatic heterocycles. The van der Waals surface area contributed by atoms with Gasteiger partial charge in [-0.25, -0.2) is 0 Å². The Labute approximate surface area is 109 Å². The lowest BCUT2D eigenvalue weighted by Crippen LogP contribution is -2.40. The molecule has 18 heavy (non-hydrogen) atoms. The van der Waals surface area contributed by atoms with E-state index in [2.05, 4.69) is 36.9 Å². The Morgan fingerprint density at radius 1 is 1.44 bits per heavy atom. The Morgan fingerprint density at radius 3 is 2.94 bits per heavy atom. The van der Waals surface area contributed by atoms with E-state index in [1.807, 2.05) is 0 Å². The minimum absolute atomic E-state index is 0.0314. The zero-order chi connectivity index (χ0) is 13.1. The first-order chi connectivity index (χ1) is 8.56. The maximum atomic E-state index is 11.3. The van der Waals surface area contributed by atoms with E-state index in [0.29, 0.717) is 0 Å². The molecule has 2 N–H and O–H groups in total. The Kier molecular flexibility index (Phi) is 4.02. The molecule has 1 saturated heterocycles. The molecule has 0 saturated carbocycles. The highest BCUT2D eigenvalue weighted by atomic mass is 16.1. The standard InChI is InChI=1S/C15H22N2O/c1-11-5-6-12(2)14(8-11)10-17-7-3-4-13(9-17)15(16)18/h5-6,8,13H,3-4,7,9-10H2,1-2H3,(H2,16,18). The van der Waals surface area contributed by atoms with Gasteiger partial charge in [-0.1, -0.05) is 23.8 Å². The van der Waals surface area contributed by atoms with Gasteiger partial charge in [-0.05, 0) is 44.4 Å². The minimum Gasteiger partial charge on any atom is -0.369 e. The molecular weight excluding hydrogens is 224 g/mol. The molecule has 1 aliphatic rings. The molecule has 1 unspecified atom stereocenters. The lowest BCUT2D eigenvalue weighted by atomic mass is 9.96. The van der Waals surface area contributed by atoms with Crippen molar-refractivity contribution < 1.29 is 4.79 Å². The van der Waals surface area contributed by atoms with Gasteiger partial charge >= 0.3 is 0 Å². The van der Waals surface area contributed by atoms with E-state index in [1.165, 1.54) is 16.7 Å². The van der Waals surface area contributed by atoms with Crippen LogP contribution in [0.2, 0.25) is 0 Å². The third-order valence-electron chi connectivity index (χ3n) is 3.81. The van der Waals surface area contributed by atoms with Crippen LogP contribution >= 0.6 is 0 Å². The molecule has 0 spiro atoms. The van der Waals surface area contributed by atoms with Gasteiger partial charge in [0.2, 0.25) is 5.91 Å². The highest BCUT2D eigenvalue weighted by Gasteiger charge is 2.24. The van der Waals surface area contributed by atoms with Gasteiger partial charge in [0, 0.05) is 13.1 Å². The van der Waals surface area contributed by atoms with Crippen LogP contribution in [0, 0.1) is 19.8 Å². The zero-order valence-corrected chi connectivity index (χ0v) is 11.3. The first kappa shape index (κ1) is 13.1. The summed E-state index contributed by atoms with van der Waals surface area (Å²) in [6.07, 6.45) is 2.01. The fourth-order valence-corrected chi connectivity index (χ4v) is 2.64. The molecule has 98 valence electrons. The number of hydrogen-bond acceptors (Lipinski definition) is 2. The second-order valence-electron chi connectivity index (χ2n) is 5.41. The largest absolute Gasteiger partial charge is 0.369 e. The molecule has 1 heterocycles. The number of aryl methyl sites for hydroxylation is 2. The highest BCUT2D eigenvalue weighted by Crippen LogP contribution is 2.20. The van der Waals surface area contributed by atoms with E-state index in [4.69, 9.17) is 5.73 Å². The van der Waals surface area contributed by atoms with E-state index < -0.39 is 0 Å². The van der Waals surface area contributed by atoms with Crippen LogP contribution < -0.4 is 5.73 Å². The molecule has 2 rings (SSSR count). The molecule has 0 radical (unpaired) electrons. The third kappa shape index (κ3) is 3.10. The molecule has 0 bridgehead atoms. The quantitative estimate of drug-likeness (QED) is 0.886. The number of nitrogens with zero attached hydrogens (tertiary/aromatic N) is 1. The summed E-state index contributed by atoms with van der Waals surface area (Å²) in [4.78, 5) is 13.6. The van der Waals surface area contributed by atoms with Gasteiger partial charge in [0.15, 0.2) is 0 Å². The number of carbonyl (C=O) groups is 1. The number of carbonyl (C=O) groups excluding carboxylic acids is 1.